The molecular weight excluding hydrogens is 210 g/mol. The van der Waals surface area contributed by atoms with Crippen molar-refractivity contribution < 1.29 is 0 Å². The summed E-state index contributed by atoms with van der Waals surface area (Å²) < 4.78 is 0. The summed E-state index contributed by atoms with van der Waals surface area (Å²) in [6.45, 7) is 5.60. The van der Waals surface area contributed by atoms with Crippen LogP contribution in [-0.2, 0) is 0 Å². The van der Waals surface area contributed by atoms with E-state index >= 15 is 0 Å². The molecule has 1 aliphatic heterocycles. The van der Waals surface area contributed by atoms with Gasteiger partial charge in [0.15, 0.2) is 0 Å². The van der Waals surface area contributed by atoms with E-state index in [-0.39, 0.29) is 0 Å². The van der Waals surface area contributed by atoms with Crippen molar-refractivity contribution >= 4 is 5.82 Å². The Kier molecular flexibility index (Phi) is 4.00. The van der Waals surface area contributed by atoms with Crippen LogP contribution in [0, 0.1) is 0 Å². The van der Waals surface area contributed by atoms with Crippen molar-refractivity contribution in [3.8, 4) is 0 Å². The number of piperidine rings is 1. The van der Waals surface area contributed by atoms with E-state index < -0.39 is 0 Å². The van der Waals surface area contributed by atoms with Gasteiger partial charge in [-0.3, -0.25) is 0 Å². The Balaban J connectivity index is 2.11. The van der Waals surface area contributed by atoms with Gasteiger partial charge in [0.25, 0.3) is 0 Å². The molecule has 1 fully saturated rings. The molecule has 1 aromatic rings. The van der Waals surface area contributed by atoms with Crippen LogP contribution >= 0.6 is 0 Å². The number of anilines is 1. The molecule has 0 spiro atoms. The second-order valence-corrected chi connectivity index (χ2v) is 5.00. The summed E-state index contributed by atoms with van der Waals surface area (Å²) in [5, 5.41) is 3.24. The molecule has 94 valence electrons. The highest BCUT2D eigenvalue weighted by Gasteiger charge is 2.19. The van der Waals surface area contributed by atoms with Crippen LogP contribution in [0.25, 0.3) is 0 Å². The van der Waals surface area contributed by atoms with Crippen LogP contribution in [0.15, 0.2) is 18.3 Å². The number of nitrogens with zero attached hydrogens (tertiary/aromatic N) is 2. The molecule has 2 heterocycles. The van der Waals surface area contributed by atoms with Crippen LogP contribution in [-0.4, -0.2) is 24.6 Å². The molecule has 17 heavy (non-hydrogen) atoms. The molecule has 1 aromatic heterocycles. The van der Waals surface area contributed by atoms with Gasteiger partial charge in [0, 0.05) is 24.8 Å². The fourth-order valence-corrected chi connectivity index (χ4v) is 2.43. The monoisotopic (exact) mass is 233 g/mol. The van der Waals surface area contributed by atoms with Crippen molar-refractivity contribution in [2.24, 2.45) is 0 Å². The number of hydrogen-bond acceptors (Lipinski definition) is 3. The molecule has 3 nitrogen and oxygen atoms in total. The molecular formula is C14H23N3. The van der Waals surface area contributed by atoms with Gasteiger partial charge in [-0.2, -0.15) is 0 Å². The molecule has 0 bridgehead atoms. The van der Waals surface area contributed by atoms with Crippen molar-refractivity contribution in [2.45, 2.75) is 45.2 Å². The van der Waals surface area contributed by atoms with Crippen molar-refractivity contribution in [3.05, 3.63) is 23.9 Å². The lowest BCUT2D eigenvalue weighted by molar-refractivity contribution is 0.481. The van der Waals surface area contributed by atoms with Gasteiger partial charge in [-0.05, 0) is 51.8 Å². The van der Waals surface area contributed by atoms with Gasteiger partial charge < -0.3 is 10.2 Å². The largest absolute Gasteiger partial charge is 0.354 e. The minimum Gasteiger partial charge on any atom is -0.354 e. The molecule has 0 aliphatic carbocycles. The van der Waals surface area contributed by atoms with E-state index in [1.165, 1.54) is 24.8 Å². The van der Waals surface area contributed by atoms with Crippen LogP contribution < -0.4 is 10.2 Å². The Morgan fingerprint density at radius 1 is 1.41 bits per heavy atom. The molecule has 2 unspecified atom stereocenters. The molecule has 1 aliphatic rings. The van der Waals surface area contributed by atoms with Crippen LogP contribution in [0.1, 0.15) is 44.7 Å². The summed E-state index contributed by atoms with van der Waals surface area (Å²) in [6, 6.07) is 5.34. The maximum absolute atomic E-state index is 4.61. The van der Waals surface area contributed by atoms with Gasteiger partial charge in [-0.15, -0.1) is 0 Å². The number of rotatable bonds is 3. The molecule has 3 heteroatoms. The maximum atomic E-state index is 4.61. The standard InChI is InChI=1S/C14H23N3/c1-11-6-4-5-9-17(11)14-8-7-13(10-16-14)12(2)15-3/h7-8,10-12,15H,4-6,9H2,1-3H3. The Labute approximate surface area is 104 Å². The van der Waals surface area contributed by atoms with Crippen molar-refractivity contribution in [2.75, 3.05) is 18.5 Å². The number of pyridine rings is 1. The van der Waals surface area contributed by atoms with Gasteiger partial charge in [-0.25, -0.2) is 4.98 Å². The van der Waals surface area contributed by atoms with E-state index in [0.29, 0.717) is 12.1 Å². The second kappa shape index (κ2) is 5.50. The predicted molar refractivity (Wildman–Crippen MR) is 72.4 cm³/mol. The third-order valence-electron chi connectivity index (χ3n) is 3.80. The lowest BCUT2D eigenvalue weighted by Crippen LogP contribution is -2.37. The van der Waals surface area contributed by atoms with E-state index in [9.17, 15) is 0 Å². The maximum Gasteiger partial charge on any atom is 0.128 e. The van der Waals surface area contributed by atoms with E-state index in [1.54, 1.807) is 0 Å². The zero-order valence-electron chi connectivity index (χ0n) is 11.1. The molecule has 1 N–H and O–H groups in total. The number of hydrogen-bond donors (Lipinski definition) is 1. The van der Waals surface area contributed by atoms with Crippen molar-refractivity contribution in [1.29, 1.82) is 0 Å². The van der Waals surface area contributed by atoms with E-state index in [2.05, 4.69) is 41.2 Å². The van der Waals surface area contributed by atoms with Gasteiger partial charge >= 0.3 is 0 Å². The first-order valence-corrected chi connectivity index (χ1v) is 6.62. The van der Waals surface area contributed by atoms with E-state index in [0.717, 1.165) is 12.4 Å². The molecule has 0 aromatic carbocycles. The Hall–Kier alpha value is -1.09. The molecule has 2 rings (SSSR count). The summed E-state index contributed by atoms with van der Waals surface area (Å²) in [5.41, 5.74) is 1.25. The highest BCUT2D eigenvalue weighted by atomic mass is 15.2. The molecule has 2 atom stereocenters. The van der Waals surface area contributed by atoms with Crippen molar-refractivity contribution in [3.63, 3.8) is 0 Å². The Bertz CT molecular complexity index is 347. The SMILES string of the molecule is CNC(C)c1ccc(N2CCCCC2C)nc1. The Morgan fingerprint density at radius 3 is 2.82 bits per heavy atom. The quantitative estimate of drug-likeness (QED) is 0.870. The summed E-state index contributed by atoms with van der Waals surface area (Å²) in [6.07, 6.45) is 5.93. The summed E-state index contributed by atoms with van der Waals surface area (Å²) in [5.74, 6) is 1.13. The van der Waals surface area contributed by atoms with Gasteiger partial charge in [-0.1, -0.05) is 6.07 Å². The molecule has 0 amide bonds. The first-order chi connectivity index (χ1) is 8.22. The minimum atomic E-state index is 0.371. The third-order valence-corrected chi connectivity index (χ3v) is 3.80. The van der Waals surface area contributed by atoms with Crippen molar-refractivity contribution in [1.82, 2.24) is 10.3 Å². The molecule has 0 saturated carbocycles. The molecule has 1 saturated heterocycles. The minimum absolute atomic E-state index is 0.371. The van der Waals surface area contributed by atoms with Crippen LogP contribution in [0.2, 0.25) is 0 Å². The average molecular weight is 233 g/mol. The average Bonchev–Trinajstić information content (AvgIpc) is 2.39. The fraction of sp³-hybridized carbons (Fsp3) is 0.643. The normalized spacial score (nSPS) is 22.5. The highest BCUT2D eigenvalue weighted by Crippen LogP contribution is 2.23. The van der Waals surface area contributed by atoms with Crippen LogP contribution in [0.3, 0.4) is 0 Å². The van der Waals surface area contributed by atoms with Gasteiger partial charge in [0.1, 0.15) is 5.82 Å². The zero-order valence-corrected chi connectivity index (χ0v) is 11.1. The number of aromatic nitrogens is 1. The first-order valence-electron chi connectivity index (χ1n) is 6.62. The van der Waals surface area contributed by atoms with Gasteiger partial charge in [0.05, 0.1) is 0 Å². The zero-order chi connectivity index (χ0) is 12.3. The van der Waals surface area contributed by atoms with E-state index in [4.69, 9.17) is 0 Å². The summed E-state index contributed by atoms with van der Waals surface area (Å²) in [7, 11) is 1.98. The highest BCUT2D eigenvalue weighted by molar-refractivity contribution is 5.41. The third kappa shape index (κ3) is 2.78. The van der Waals surface area contributed by atoms with Crippen LogP contribution in [0.5, 0.6) is 0 Å². The second-order valence-electron chi connectivity index (χ2n) is 5.00. The number of nitrogens with one attached hydrogen (secondary N) is 1. The van der Waals surface area contributed by atoms with E-state index in [1.807, 2.05) is 13.2 Å². The fourth-order valence-electron chi connectivity index (χ4n) is 2.43. The smallest absolute Gasteiger partial charge is 0.128 e. The predicted octanol–water partition coefficient (Wildman–Crippen LogP) is 2.74. The molecule has 0 radical (unpaired) electrons. The lowest BCUT2D eigenvalue weighted by atomic mass is 10.0. The van der Waals surface area contributed by atoms with Crippen LogP contribution in [0.4, 0.5) is 5.82 Å². The van der Waals surface area contributed by atoms with Gasteiger partial charge in [0.2, 0.25) is 0 Å². The topological polar surface area (TPSA) is 28.2 Å². The first kappa shape index (κ1) is 12.4. The lowest BCUT2D eigenvalue weighted by Gasteiger charge is -2.34. The summed E-state index contributed by atoms with van der Waals surface area (Å²) >= 11 is 0. The Morgan fingerprint density at radius 2 is 2.24 bits per heavy atom. The summed E-state index contributed by atoms with van der Waals surface area (Å²) in [4.78, 5) is 7.04.